The first-order valence-corrected chi connectivity index (χ1v) is 7.50. The number of piperidine rings is 1. The quantitative estimate of drug-likeness (QED) is 0.897. The van der Waals surface area contributed by atoms with Gasteiger partial charge in [0.15, 0.2) is 0 Å². The Morgan fingerprint density at radius 3 is 2.95 bits per heavy atom. The molecule has 1 amide bonds. The molecule has 0 radical (unpaired) electrons. The molecule has 0 saturated carbocycles. The predicted octanol–water partition coefficient (Wildman–Crippen LogP) is 3.10. The molecule has 1 atom stereocenters. The van der Waals surface area contributed by atoms with E-state index in [2.05, 4.69) is 5.32 Å². The molecule has 1 fully saturated rings. The Kier molecular flexibility index (Phi) is 5.53. The van der Waals surface area contributed by atoms with Gasteiger partial charge in [-0.05, 0) is 50.9 Å². The normalized spacial score (nSPS) is 18.8. The largest absolute Gasteiger partial charge is 0.314 e. The molecule has 0 spiro atoms. The predicted molar refractivity (Wildman–Crippen MR) is 79.3 cm³/mol. The Labute approximate surface area is 120 Å². The number of halogens is 1. The zero-order valence-electron chi connectivity index (χ0n) is 12.1. The van der Waals surface area contributed by atoms with Gasteiger partial charge in [0.1, 0.15) is 5.82 Å². The van der Waals surface area contributed by atoms with Crippen molar-refractivity contribution in [3.05, 3.63) is 30.1 Å². The number of hydrogen-bond donors (Lipinski definition) is 1. The molecule has 1 aromatic rings. The molecule has 2 rings (SSSR count). The van der Waals surface area contributed by atoms with Crippen molar-refractivity contribution in [1.82, 2.24) is 5.32 Å². The Hall–Kier alpha value is -1.42. The summed E-state index contributed by atoms with van der Waals surface area (Å²) in [4.78, 5) is 14.0. The topological polar surface area (TPSA) is 32.3 Å². The zero-order chi connectivity index (χ0) is 14.4. The van der Waals surface area contributed by atoms with Crippen LogP contribution in [0.4, 0.5) is 10.1 Å². The summed E-state index contributed by atoms with van der Waals surface area (Å²) in [5.41, 5.74) is 0.647. The van der Waals surface area contributed by atoms with Crippen LogP contribution in [0.1, 0.15) is 39.0 Å². The molecule has 1 aromatic carbocycles. The number of rotatable bonds is 5. The highest BCUT2D eigenvalue weighted by Crippen LogP contribution is 2.18. The highest BCUT2D eigenvalue weighted by molar-refractivity contribution is 5.93. The standard InChI is InChI=1S/C16H23FN2O/c1-2-19(15-8-5-6-13(17)12-15)16(20)10-9-14-7-3-4-11-18-14/h5-6,8,12,14,18H,2-4,7,9-11H2,1H3. The maximum atomic E-state index is 13.3. The fraction of sp³-hybridized carbons (Fsp3) is 0.562. The minimum absolute atomic E-state index is 0.0745. The molecule has 1 saturated heterocycles. The van der Waals surface area contributed by atoms with E-state index in [4.69, 9.17) is 0 Å². The van der Waals surface area contributed by atoms with E-state index in [9.17, 15) is 9.18 Å². The summed E-state index contributed by atoms with van der Waals surface area (Å²) in [6, 6.07) is 6.69. The highest BCUT2D eigenvalue weighted by atomic mass is 19.1. The summed E-state index contributed by atoms with van der Waals surface area (Å²) in [6.07, 6.45) is 5.01. The Morgan fingerprint density at radius 1 is 1.45 bits per heavy atom. The van der Waals surface area contributed by atoms with Crippen LogP contribution >= 0.6 is 0 Å². The van der Waals surface area contributed by atoms with Gasteiger partial charge in [0.25, 0.3) is 0 Å². The van der Waals surface area contributed by atoms with Crippen molar-refractivity contribution in [2.24, 2.45) is 0 Å². The summed E-state index contributed by atoms with van der Waals surface area (Å²) in [5.74, 6) is -0.229. The number of anilines is 1. The molecular weight excluding hydrogens is 255 g/mol. The first-order valence-electron chi connectivity index (χ1n) is 7.50. The lowest BCUT2D eigenvalue weighted by atomic mass is 10.0. The number of nitrogens with zero attached hydrogens (tertiary/aromatic N) is 1. The molecular formula is C16H23FN2O. The highest BCUT2D eigenvalue weighted by Gasteiger charge is 2.18. The number of hydrogen-bond acceptors (Lipinski definition) is 2. The van der Waals surface area contributed by atoms with Gasteiger partial charge in [0.05, 0.1) is 0 Å². The van der Waals surface area contributed by atoms with Crippen molar-refractivity contribution < 1.29 is 9.18 Å². The Balaban J connectivity index is 1.91. The van der Waals surface area contributed by atoms with Crippen molar-refractivity contribution in [2.45, 2.75) is 45.1 Å². The van der Waals surface area contributed by atoms with Gasteiger partial charge in [0, 0.05) is 24.7 Å². The van der Waals surface area contributed by atoms with Gasteiger partial charge < -0.3 is 10.2 Å². The molecule has 1 aliphatic rings. The fourth-order valence-corrected chi connectivity index (χ4v) is 2.75. The second-order valence-corrected chi connectivity index (χ2v) is 5.30. The van der Waals surface area contributed by atoms with Crippen molar-refractivity contribution in [3.8, 4) is 0 Å². The van der Waals surface area contributed by atoms with Crippen molar-refractivity contribution in [3.63, 3.8) is 0 Å². The molecule has 0 aromatic heterocycles. The summed E-state index contributed by atoms with van der Waals surface area (Å²) in [5, 5.41) is 3.45. The third kappa shape index (κ3) is 4.04. The second-order valence-electron chi connectivity index (χ2n) is 5.30. The Morgan fingerprint density at radius 2 is 2.30 bits per heavy atom. The van der Waals surface area contributed by atoms with Crippen LogP contribution in [0.5, 0.6) is 0 Å². The van der Waals surface area contributed by atoms with E-state index in [0.29, 0.717) is 24.7 Å². The SMILES string of the molecule is CCN(C(=O)CCC1CCCCN1)c1cccc(F)c1. The minimum Gasteiger partial charge on any atom is -0.314 e. The molecule has 1 unspecified atom stereocenters. The van der Waals surface area contributed by atoms with E-state index in [0.717, 1.165) is 19.4 Å². The van der Waals surface area contributed by atoms with E-state index in [1.165, 1.54) is 25.0 Å². The molecule has 1 heterocycles. The lowest BCUT2D eigenvalue weighted by Gasteiger charge is -2.25. The van der Waals surface area contributed by atoms with Gasteiger partial charge in [0.2, 0.25) is 5.91 Å². The molecule has 110 valence electrons. The number of carbonyl (C=O) groups is 1. The molecule has 1 N–H and O–H groups in total. The number of carbonyl (C=O) groups excluding carboxylic acids is 1. The van der Waals surface area contributed by atoms with E-state index in [1.54, 1.807) is 17.0 Å². The van der Waals surface area contributed by atoms with Gasteiger partial charge >= 0.3 is 0 Å². The molecule has 20 heavy (non-hydrogen) atoms. The van der Waals surface area contributed by atoms with Gasteiger partial charge in [-0.3, -0.25) is 4.79 Å². The van der Waals surface area contributed by atoms with Crippen LogP contribution in [0.15, 0.2) is 24.3 Å². The van der Waals surface area contributed by atoms with Crippen LogP contribution in [0, 0.1) is 5.82 Å². The van der Waals surface area contributed by atoms with Crippen molar-refractivity contribution in [1.29, 1.82) is 0 Å². The molecule has 1 aliphatic heterocycles. The van der Waals surface area contributed by atoms with Crippen molar-refractivity contribution in [2.75, 3.05) is 18.0 Å². The van der Waals surface area contributed by atoms with Crippen molar-refractivity contribution >= 4 is 11.6 Å². The lowest BCUT2D eigenvalue weighted by molar-refractivity contribution is -0.118. The molecule has 0 aliphatic carbocycles. The minimum atomic E-state index is -0.303. The van der Waals surface area contributed by atoms with E-state index in [1.807, 2.05) is 6.92 Å². The number of benzene rings is 1. The average Bonchev–Trinajstić information content (AvgIpc) is 2.47. The van der Waals surface area contributed by atoms with Gasteiger partial charge in [-0.15, -0.1) is 0 Å². The van der Waals surface area contributed by atoms with Crippen LogP contribution in [-0.4, -0.2) is 25.0 Å². The average molecular weight is 278 g/mol. The van der Waals surface area contributed by atoms with Crippen LogP contribution in [-0.2, 0) is 4.79 Å². The van der Waals surface area contributed by atoms with E-state index < -0.39 is 0 Å². The maximum absolute atomic E-state index is 13.3. The molecule has 0 bridgehead atoms. The summed E-state index contributed by atoms with van der Waals surface area (Å²) < 4.78 is 13.3. The first-order chi connectivity index (χ1) is 9.70. The van der Waals surface area contributed by atoms with E-state index in [-0.39, 0.29) is 11.7 Å². The van der Waals surface area contributed by atoms with Gasteiger partial charge in [-0.1, -0.05) is 12.5 Å². The third-order valence-electron chi connectivity index (χ3n) is 3.86. The van der Waals surface area contributed by atoms with Gasteiger partial charge in [-0.2, -0.15) is 0 Å². The summed E-state index contributed by atoms with van der Waals surface area (Å²) in [6.45, 7) is 3.54. The monoisotopic (exact) mass is 278 g/mol. The lowest BCUT2D eigenvalue weighted by Crippen LogP contribution is -2.36. The fourth-order valence-electron chi connectivity index (χ4n) is 2.75. The number of amides is 1. The number of nitrogens with one attached hydrogen (secondary N) is 1. The summed E-state index contributed by atoms with van der Waals surface area (Å²) in [7, 11) is 0. The van der Waals surface area contributed by atoms with Crippen LogP contribution in [0.3, 0.4) is 0 Å². The smallest absolute Gasteiger partial charge is 0.227 e. The first kappa shape index (κ1) is 15.0. The van der Waals surface area contributed by atoms with Crippen LogP contribution < -0.4 is 10.2 Å². The van der Waals surface area contributed by atoms with Crippen LogP contribution in [0.2, 0.25) is 0 Å². The van der Waals surface area contributed by atoms with Gasteiger partial charge in [-0.25, -0.2) is 4.39 Å². The second kappa shape index (κ2) is 7.39. The molecule has 3 nitrogen and oxygen atoms in total. The van der Waals surface area contributed by atoms with Crippen LogP contribution in [0.25, 0.3) is 0 Å². The summed E-state index contributed by atoms with van der Waals surface area (Å²) >= 11 is 0. The van der Waals surface area contributed by atoms with E-state index >= 15 is 0 Å². The molecule has 4 heteroatoms. The zero-order valence-corrected chi connectivity index (χ0v) is 12.1. The third-order valence-corrected chi connectivity index (χ3v) is 3.86. The maximum Gasteiger partial charge on any atom is 0.227 e. The Bertz CT molecular complexity index is 444.